The van der Waals surface area contributed by atoms with Gasteiger partial charge in [0.25, 0.3) is 0 Å². The number of para-hydroxylation sites is 1. The topological polar surface area (TPSA) is 29.5 Å². The molecular formula is C19H24O2. The minimum Gasteiger partial charge on any atom is -0.494 e. The normalized spacial score (nSPS) is 12.1. The van der Waals surface area contributed by atoms with Crippen LogP contribution in [-0.2, 0) is 6.42 Å². The van der Waals surface area contributed by atoms with Gasteiger partial charge >= 0.3 is 0 Å². The van der Waals surface area contributed by atoms with Gasteiger partial charge < -0.3 is 9.84 Å². The van der Waals surface area contributed by atoms with Crippen LogP contribution in [0.4, 0.5) is 0 Å². The van der Waals surface area contributed by atoms with E-state index in [1.54, 1.807) is 0 Å². The maximum Gasteiger partial charge on any atom is 0.119 e. The second-order valence-electron chi connectivity index (χ2n) is 5.54. The molecule has 1 N–H and O–H groups in total. The first-order valence-electron chi connectivity index (χ1n) is 7.62. The molecule has 2 heteroatoms. The van der Waals surface area contributed by atoms with Gasteiger partial charge in [-0.1, -0.05) is 48.0 Å². The summed E-state index contributed by atoms with van der Waals surface area (Å²) in [6.07, 6.45) is 2.88. The van der Waals surface area contributed by atoms with Crippen molar-refractivity contribution in [2.75, 3.05) is 13.2 Å². The number of aliphatic hydroxyl groups is 1. The second kappa shape index (κ2) is 8.48. The van der Waals surface area contributed by atoms with E-state index in [4.69, 9.17) is 4.74 Å². The van der Waals surface area contributed by atoms with E-state index in [1.807, 2.05) is 30.3 Å². The fourth-order valence-corrected chi connectivity index (χ4v) is 2.39. The summed E-state index contributed by atoms with van der Waals surface area (Å²) in [5.74, 6) is 1.23. The number of benzene rings is 2. The van der Waals surface area contributed by atoms with Crippen LogP contribution in [0.25, 0.3) is 0 Å². The second-order valence-corrected chi connectivity index (χ2v) is 5.54. The van der Waals surface area contributed by atoms with Crippen molar-refractivity contribution in [3.63, 3.8) is 0 Å². The summed E-state index contributed by atoms with van der Waals surface area (Å²) in [7, 11) is 0. The van der Waals surface area contributed by atoms with E-state index in [0.717, 1.165) is 25.0 Å². The molecule has 0 aromatic heterocycles. The lowest BCUT2D eigenvalue weighted by Crippen LogP contribution is -2.11. The maximum atomic E-state index is 9.52. The molecule has 0 heterocycles. The van der Waals surface area contributed by atoms with E-state index in [0.29, 0.717) is 12.5 Å². The van der Waals surface area contributed by atoms with Crippen molar-refractivity contribution in [1.29, 1.82) is 0 Å². The van der Waals surface area contributed by atoms with Crippen LogP contribution >= 0.6 is 0 Å². The predicted molar refractivity (Wildman–Crippen MR) is 86.6 cm³/mol. The van der Waals surface area contributed by atoms with Crippen molar-refractivity contribution in [3.05, 3.63) is 65.7 Å². The third kappa shape index (κ3) is 5.60. The predicted octanol–water partition coefficient (Wildman–Crippen LogP) is 4.01. The Bertz CT molecular complexity index is 505. The first-order chi connectivity index (χ1) is 10.3. The van der Waals surface area contributed by atoms with Crippen LogP contribution < -0.4 is 4.74 Å². The van der Waals surface area contributed by atoms with E-state index in [-0.39, 0.29) is 6.61 Å². The molecule has 21 heavy (non-hydrogen) atoms. The van der Waals surface area contributed by atoms with E-state index in [2.05, 4.69) is 31.2 Å². The molecule has 2 aromatic rings. The summed E-state index contributed by atoms with van der Waals surface area (Å²) in [4.78, 5) is 0. The molecule has 0 aliphatic rings. The molecule has 0 amide bonds. The minimum absolute atomic E-state index is 0.235. The van der Waals surface area contributed by atoms with Crippen molar-refractivity contribution in [2.24, 2.45) is 5.92 Å². The van der Waals surface area contributed by atoms with Crippen LogP contribution in [0.5, 0.6) is 5.75 Å². The molecule has 0 radical (unpaired) electrons. The summed E-state index contributed by atoms with van der Waals surface area (Å²) in [5.41, 5.74) is 2.57. The highest BCUT2D eigenvalue weighted by atomic mass is 16.5. The Balaban J connectivity index is 1.71. The van der Waals surface area contributed by atoms with Gasteiger partial charge in [0.2, 0.25) is 0 Å². The molecular weight excluding hydrogens is 260 g/mol. The summed E-state index contributed by atoms with van der Waals surface area (Å²) in [5, 5.41) is 9.52. The van der Waals surface area contributed by atoms with Gasteiger partial charge in [-0.15, -0.1) is 0 Å². The Kier molecular flexibility index (Phi) is 6.29. The lowest BCUT2D eigenvalue weighted by atomic mass is 9.95. The third-order valence-corrected chi connectivity index (χ3v) is 3.67. The number of ether oxygens (including phenoxy) is 1. The standard InChI is InChI=1S/C19H24O2/c1-16-9-11-17(12-10-16)14-18(15-20)6-5-13-21-19-7-3-2-4-8-19/h2-4,7-12,18,20H,5-6,13-15H2,1H3. The number of aliphatic hydroxyl groups excluding tert-OH is 1. The lowest BCUT2D eigenvalue weighted by Gasteiger charge is -2.14. The van der Waals surface area contributed by atoms with E-state index in [1.165, 1.54) is 11.1 Å². The molecule has 0 saturated heterocycles. The number of hydrogen-bond donors (Lipinski definition) is 1. The molecule has 1 atom stereocenters. The summed E-state index contributed by atoms with van der Waals surface area (Å²) in [6, 6.07) is 18.4. The highest BCUT2D eigenvalue weighted by Gasteiger charge is 2.08. The van der Waals surface area contributed by atoms with Crippen molar-refractivity contribution in [2.45, 2.75) is 26.2 Å². The Morgan fingerprint density at radius 2 is 1.71 bits per heavy atom. The van der Waals surface area contributed by atoms with Gasteiger partial charge in [0.1, 0.15) is 5.75 Å². The summed E-state index contributed by atoms with van der Waals surface area (Å²) >= 11 is 0. The smallest absolute Gasteiger partial charge is 0.119 e. The zero-order chi connectivity index (χ0) is 14.9. The fraction of sp³-hybridized carbons (Fsp3) is 0.368. The third-order valence-electron chi connectivity index (χ3n) is 3.67. The average molecular weight is 284 g/mol. The average Bonchev–Trinajstić information content (AvgIpc) is 2.53. The first kappa shape index (κ1) is 15.6. The van der Waals surface area contributed by atoms with Crippen LogP contribution in [0.3, 0.4) is 0 Å². The van der Waals surface area contributed by atoms with Crippen molar-refractivity contribution in [3.8, 4) is 5.75 Å². The first-order valence-corrected chi connectivity index (χ1v) is 7.62. The highest BCUT2D eigenvalue weighted by molar-refractivity contribution is 5.22. The molecule has 1 unspecified atom stereocenters. The molecule has 2 aromatic carbocycles. The van der Waals surface area contributed by atoms with E-state index >= 15 is 0 Å². The van der Waals surface area contributed by atoms with Crippen molar-refractivity contribution in [1.82, 2.24) is 0 Å². The van der Waals surface area contributed by atoms with Gasteiger partial charge in [-0.2, -0.15) is 0 Å². The largest absolute Gasteiger partial charge is 0.494 e. The number of hydrogen-bond acceptors (Lipinski definition) is 2. The lowest BCUT2D eigenvalue weighted by molar-refractivity contribution is 0.205. The molecule has 0 aliphatic heterocycles. The molecule has 0 bridgehead atoms. The molecule has 0 saturated carbocycles. The Labute approximate surface area is 127 Å². The van der Waals surface area contributed by atoms with Gasteiger partial charge in [0, 0.05) is 6.61 Å². The van der Waals surface area contributed by atoms with Crippen LogP contribution in [0, 0.1) is 12.8 Å². The van der Waals surface area contributed by atoms with Gasteiger partial charge in [0.05, 0.1) is 6.61 Å². The van der Waals surface area contributed by atoms with Gasteiger partial charge in [-0.05, 0) is 49.8 Å². The number of aryl methyl sites for hydroxylation is 1. The SMILES string of the molecule is Cc1ccc(CC(CO)CCCOc2ccccc2)cc1. The van der Waals surface area contributed by atoms with E-state index < -0.39 is 0 Å². The quantitative estimate of drug-likeness (QED) is 0.742. The molecule has 2 nitrogen and oxygen atoms in total. The minimum atomic E-state index is 0.235. The zero-order valence-electron chi connectivity index (χ0n) is 12.7. The van der Waals surface area contributed by atoms with Crippen LogP contribution in [-0.4, -0.2) is 18.3 Å². The molecule has 0 fully saturated rings. The van der Waals surface area contributed by atoms with Crippen LogP contribution in [0.2, 0.25) is 0 Å². The van der Waals surface area contributed by atoms with Gasteiger partial charge in [-0.3, -0.25) is 0 Å². The monoisotopic (exact) mass is 284 g/mol. The van der Waals surface area contributed by atoms with Crippen molar-refractivity contribution >= 4 is 0 Å². The van der Waals surface area contributed by atoms with Gasteiger partial charge in [0.15, 0.2) is 0 Å². The van der Waals surface area contributed by atoms with Crippen LogP contribution in [0.15, 0.2) is 54.6 Å². The van der Waals surface area contributed by atoms with Gasteiger partial charge in [-0.25, -0.2) is 0 Å². The molecule has 112 valence electrons. The molecule has 0 aliphatic carbocycles. The fourth-order valence-electron chi connectivity index (χ4n) is 2.39. The Hall–Kier alpha value is -1.80. The Morgan fingerprint density at radius 3 is 2.38 bits per heavy atom. The van der Waals surface area contributed by atoms with E-state index in [9.17, 15) is 5.11 Å². The highest BCUT2D eigenvalue weighted by Crippen LogP contribution is 2.15. The number of rotatable bonds is 8. The zero-order valence-corrected chi connectivity index (χ0v) is 12.7. The summed E-state index contributed by atoms with van der Waals surface area (Å²) in [6.45, 7) is 3.03. The molecule has 2 rings (SSSR count). The summed E-state index contributed by atoms with van der Waals surface area (Å²) < 4.78 is 5.69. The van der Waals surface area contributed by atoms with Crippen LogP contribution in [0.1, 0.15) is 24.0 Å². The maximum absolute atomic E-state index is 9.52. The molecule has 0 spiro atoms. The van der Waals surface area contributed by atoms with Crippen molar-refractivity contribution < 1.29 is 9.84 Å². The Morgan fingerprint density at radius 1 is 1.00 bits per heavy atom.